The maximum Gasteiger partial charge on any atom is 0.249 e. The van der Waals surface area contributed by atoms with E-state index in [9.17, 15) is 0 Å². The van der Waals surface area contributed by atoms with Gasteiger partial charge in [-0.05, 0) is 76.6 Å². The maximum atomic E-state index is 8.05. The normalized spacial score (nSPS) is 13.7. The van der Waals surface area contributed by atoms with Crippen LogP contribution in [0.4, 0.5) is 0 Å². The third-order valence-corrected chi connectivity index (χ3v) is 8.37. The Hall–Kier alpha value is -4.90. The molecule has 4 aromatic carbocycles. The fourth-order valence-corrected chi connectivity index (χ4v) is 6.14. The Morgan fingerprint density at radius 3 is 2.30 bits per heavy atom. The molecule has 0 radical (unpaired) electrons. The number of ether oxygens (including phenoxy) is 1. The standard InChI is InChI=1S/C39H39N4O/c1-38(2,3)26-20-21-40-36(22-26)43-34-17-11-14-31(39(4,5)6)37(34)30-19-18-29(24-35(30)43)44-28-13-10-12-27(23-28)42-25-41(7)32-15-8-9-16-33(32)42/h8-25H,1-7H3/q+1/i7D3. The van der Waals surface area contributed by atoms with Gasteiger partial charge >= 0.3 is 0 Å². The van der Waals surface area contributed by atoms with Crippen molar-refractivity contribution in [1.82, 2.24) is 14.1 Å². The minimum absolute atomic E-state index is 0.0277. The van der Waals surface area contributed by atoms with E-state index in [-0.39, 0.29) is 10.8 Å². The Labute approximate surface area is 263 Å². The molecule has 0 aliphatic carbocycles. The first-order valence-corrected chi connectivity index (χ1v) is 15.1. The molecule has 0 saturated carbocycles. The van der Waals surface area contributed by atoms with Gasteiger partial charge < -0.3 is 4.74 Å². The molecule has 3 heterocycles. The number of hydrogen-bond donors (Lipinski definition) is 0. The van der Waals surface area contributed by atoms with Crippen LogP contribution in [0.5, 0.6) is 11.5 Å². The number of para-hydroxylation sites is 2. The third-order valence-electron chi connectivity index (χ3n) is 8.37. The number of aromatic nitrogens is 4. The lowest BCUT2D eigenvalue weighted by atomic mass is 9.84. The van der Waals surface area contributed by atoms with E-state index in [2.05, 4.69) is 88.6 Å². The van der Waals surface area contributed by atoms with Gasteiger partial charge in [-0.1, -0.05) is 71.9 Å². The number of aryl methyl sites for hydroxylation is 1. The van der Waals surface area contributed by atoms with Gasteiger partial charge in [0, 0.05) is 29.1 Å². The highest BCUT2D eigenvalue weighted by Crippen LogP contribution is 2.40. The number of nitrogens with zero attached hydrogens (tertiary/aromatic N) is 4. The highest BCUT2D eigenvalue weighted by Gasteiger charge is 2.24. The van der Waals surface area contributed by atoms with Crippen molar-refractivity contribution in [2.75, 3.05) is 0 Å². The molecule has 0 bridgehead atoms. The van der Waals surface area contributed by atoms with Crippen molar-refractivity contribution in [2.45, 2.75) is 52.4 Å². The summed E-state index contributed by atoms with van der Waals surface area (Å²) in [6, 6.07) is 32.3. The summed E-state index contributed by atoms with van der Waals surface area (Å²) in [5.41, 5.74) is 6.75. The highest BCUT2D eigenvalue weighted by atomic mass is 16.5. The molecular formula is C39H39N4O+. The van der Waals surface area contributed by atoms with Crippen molar-refractivity contribution in [3.8, 4) is 23.0 Å². The molecule has 0 atom stereocenters. The van der Waals surface area contributed by atoms with Crippen molar-refractivity contribution in [3.05, 3.63) is 121 Å². The molecule has 5 heteroatoms. The SMILES string of the molecule is [2H]C([2H])([2H])[n+]1cn(-c2cccc(Oc3ccc4c5c(C(C)(C)C)cccc5n(-c5cc(C(C)(C)C)ccn5)c4c3)c2)c2ccccc21. The minimum atomic E-state index is -2.30. The van der Waals surface area contributed by atoms with Crippen LogP contribution in [0.1, 0.15) is 56.8 Å². The average molecular weight is 583 g/mol. The van der Waals surface area contributed by atoms with Crippen LogP contribution in [0.3, 0.4) is 0 Å². The van der Waals surface area contributed by atoms with Crippen LogP contribution in [-0.2, 0) is 17.8 Å². The van der Waals surface area contributed by atoms with E-state index >= 15 is 0 Å². The van der Waals surface area contributed by atoms with E-state index < -0.39 is 6.98 Å². The van der Waals surface area contributed by atoms with Crippen molar-refractivity contribution < 1.29 is 13.4 Å². The highest BCUT2D eigenvalue weighted by molar-refractivity contribution is 6.11. The monoisotopic (exact) mass is 582 g/mol. The zero-order valence-corrected chi connectivity index (χ0v) is 26.1. The molecule has 5 nitrogen and oxygen atoms in total. The van der Waals surface area contributed by atoms with E-state index in [4.69, 9.17) is 13.8 Å². The van der Waals surface area contributed by atoms with Crippen LogP contribution >= 0.6 is 0 Å². The van der Waals surface area contributed by atoms with Gasteiger partial charge in [0.25, 0.3) is 0 Å². The molecular weight excluding hydrogens is 540 g/mol. The fraction of sp³-hybridized carbons (Fsp3) is 0.231. The lowest BCUT2D eigenvalue weighted by Crippen LogP contribution is -2.25. The van der Waals surface area contributed by atoms with E-state index in [1.807, 2.05) is 65.4 Å². The van der Waals surface area contributed by atoms with Crippen molar-refractivity contribution in [1.29, 1.82) is 0 Å². The van der Waals surface area contributed by atoms with Gasteiger partial charge in [0.2, 0.25) is 6.33 Å². The second-order valence-corrected chi connectivity index (χ2v) is 13.6. The molecule has 0 N–H and O–H groups in total. The maximum absolute atomic E-state index is 8.05. The molecule has 7 aromatic rings. The zero-order chi connectivity index (χ0) is 33.3. The van der Waals surface area contributed by atoms with Crippen molar-refractivity contribution in [3.63, 3.8) is 0 Å². The molecule has 3 aromatic heterocycles. The van der Waals surface area contributed by atoms with Gasteiger partial charge in [-0.3, -0.25) is 4.57 Å². The Kier molecular flexibility index (Phi) is 5.62. The molecule has 0 fully saturated rings. The molecule has 0 spiro atoms. The summed E-state index contributed by atoms with van der Waals surface area (Å²) in [6.07, 6.45) is 3.53. The van der Waals surface area contributed by atoms with Gasteiger partial charge in [0.15, 0.2) is 11.0 Å². The van der Waals surface area contributed by atoms with Crippen LogP contribution in [0, 0.1) is 0 Å². The van der Waals surface area contributed by atoms with Gasteiger partial charge in [-0.2, -0.15) is 4.57 Å². The third kappa shape index (κ3) is 4.73. The van der Waals surface area contributed by atoms with Crippen LogP contribution in [0.25, 0.3) is 44.3 Å². The van der Waals surface area contributed by atoms with Crippen molar-refractivity contribution >= 4 is 32.8 Å². The summed E-state index contributed by atoms with van der Waals surface area (Å²) in [6.45, 7) is 11.1. The molecule has 0 aliphatic rings. The molecule has 220 valence electrons. The molecule has 0 amide bonds. The summed E-state index contributed by atoms with van der Waals surface area (Å²) in [7, 11) is 0. The number of hydrogen-bond acceptors (Lipinski definition) is 2. The topological polar surface area (TPSA) is 35.9 Å². The second kappa shape index (κ2) is 10.1. The summed E-state index contributed by atoms with van der Waals surface area (Å²) in [4.78, 5) is 4.87. The Balaban J connectivity index is 1.37. The minimum Gasteiger partial charge on any atom is -0.457 e. The second-order valence-electron chi connectivity index (χ2n) is 13.6. The number of imidazole rings is 1. The molecule has 0 saturated heterocycles. The van der Waals surface area contributed by atoms with Crippen LogP contribution in [-0.4, -0.2) is 14.1 Å². The van der Waals surface area contributed by atoms with Gasteiger partial charge in [-0.15, -0.1) is 0 Å². The van der Waals surface area contributed by atoms with Crippen LogP contribution in [0.2, 0.25) is 0 Å². The summed E-state index contributed by atoms with van der Waals surface area (Å²) in [5.74, 6) is 2.20. The number of benzene rings is 4. The van der Waals surface area contributed by atoms with Crippen LogP contribution < -0.4 is 9.30 Å². The predicted octanol–water partition coefficient (Wildman–Crippen LogP) is 9.33. The molecule has 7 rings (SSSR count). The number of rotatable bonds is 4. The first kappa shape index (κ1) is 24.5. The van der Waals surface area contributed by atoms with E-state index in [0.29, 0.717) is 17.0 Å². The fourth-order valence-electron chi connectivity index (χ4n) is 6.14. The number of fused-ring (bicyclic) bond motifs is 4. The van der Waals surface area contributed by atoms with Gasteiger partial charge in [-0.25, -0.2) is 9.55 Å². The van der Waals surface area contributed by atoms with E-state index in [1.165, 1.54) is 21.1 Å². The average Bonchev–Trinajstić information content (AvgIpc) is 3.57. The Bertz CT molecular complexity index is 2300. The lowest BCUT2D eigenvalue weighted by Gasteiger charge is -2.21. The number of pyridine rings is 1. The first-order chi connectivity index (χ1) is 22.2. The molecule has 0 aliphatic heterocycles. The predicted molar refractivity (Wildman–Crippen MR) is 181 cm³/mol. The molecule has 0 unspecified atom stereocenters. The summed E-state index contributed by atoms with van der Waals surface area (Å²) < 4.78 is 36.1. The quantitative estimate of drug-likeness (QED) is 0.194. The van der Waals surface area contributed by atoms with Crippen molar-refractivity contribution in [2.24, 2.45) is 6.98 Å². The summed E-state index contributed by atoms with van der Waals surface area (Å²) >= 11 is 0. The smallest absolute Gasteiger partial charge is 0.249 e. The summed E-state index contributed by atoms with van der Waals surface area (Å²) in [5, 5.41) is 2.36. The van der Waals surface area contributed by atoms with Gasteiger partial charge in [0.05, 0.1) is 22.1 Å². The van der Waals surface area contributed by atoms with E-state index in [0.717, 1.165) is 33.4 Å². The largest absolute Gasteiger partial charge is 0.457 e. The Morgan fingerprint density at radius 1 is 0.727 bits per heavy atom. The molecule has 44 heavy (non-hydrogen) atoms. The van der Waals surface area contributed by atoms with E-state index in [1.54, 1.807) is 6.33 Å². The van der Waals surface area contributed by atoms with Crippen LogP contribution in [0.15, 0.2) is 110 Å². The Morgan fingerprint density at radius 2 is 1.50 bits per heavy atom. The zero-order valence-electron chi connectivity index (χ0n) is 29.1. The van der Waals surface area contributed by atoms with Gasteiger partial charge in [0.1, 0.15) is 23.0 Å². The lowest BCUT2D eigenvalue weighted by molar-refractivity contribution is -0.645. The first-order valence-electron chi connectivity index (χ1n) is 16.6.